The van der Waals surface area contributed by atoms with Gasteiger partial charge in [0.15, 0.2) is 0 Å². The predicted molar refractivity (Wildman–Crippen MR) is 72.3 cm³/mol. The van der Waals surface area contributed by atoms with E-state index < -0.39 is 0 Å². The summed E-state index contributed by atoms with van der Waals surface area (Å²) in [6.45, 7) is 6.26. The standard InChI is InChI=1S/C12H21N3O2S/c1-3-11(16)15-8-18-7-10(15)12(17)14-5-4-13-9(2)6-14/h9-10,13H,3-8H2,1-2H3. The maximum atomic E-state index is 12.5. The summed E-state index contributed by atoms with van der Waals surface area (Å²) in [5.41, 5.74) is 0. The summed E-state index contributed by atoms with van der Waals surface area (Å²) in [4.78, 5) is 27.9. The van der Waals surface area contributed by atoms with Gasteiger partial charge in [-0.3, -0.25) is 9.59 Å². The van der Waals surface area contributed by atoms with Crippen molar-refractivity contribution >= 4 is 23.6 Å². The Hall–Kier alpha value is -0.750. The van der Waals surface area contributed by atoms with Gasteiger partial charge in [-0.2, -0.15) is 0 Å². The minimum atomic E-state index is -0.243. The van der Waals surface area contributed by atoms with Gasteiger partial charge in [-0.25, -0.2) is 0 Å². The van der Waals surface area contributed by atoms with Crippen molar-refractivity contribution in [2.24, 2.45) is 0 Å². The highest BCUT2D eigenvalue weighted by molar-refractivity contribution is 7.99. The van der Waals surface area contributed by atoms with Gasteiger partial charge < -0.3 is 15.1 Å². The van der Waals surface area contributed by atoms with Gasteiger partial charge in [-0.1, -0.05) is 6.92 Å². The molecule has 0 saturated carbocycles. The summed E-state index contributed by atoms with van der Waals surface area (Å²) in [5.74, 6) is 1.60. The molecule has 0 aromatic rings. The summed E-state index contributed by atoms with van der Waals surface area (Å²) >= 11 is 1.67. The third-order valence-corrected chi connectivity index (χ3v) is 4.48. The molecule has 102 valence electrons. The Labute approximate surface area is 112 Å². The van der Waals surface area contributed by atoms with E-state index in [1.54, 1.807) is 16.7 Å². The second-order valence-corrected chi connectivity index (χ2v) is 5.87. The van der Waals surface area contributed by atoms with Crippen LogP contribution in [0.2, 0.25) is 0 Å². The Morgan fingerprint density at radius 3 is 2.89 bits per heavy atom. The van der Waals surface area contributed by atoms with Gasteiger partial charge in [0.25, 0.3) is 0 Å². The highest BCUT2D eigenvalue weighted by Gasteiger charge is 2.37. The number of rotatable bonds is 2. The van der Waals surface area contributed by atoms with Crippen LogP contribution in [-0.2, 0) is 9.59 Å². The first-order chi connectivity index (χ1) is 8.63. The molecule has 0 aromatic heterocycles. The SMILES string of the molecule is CCC(=O)N1CSCC1C(=O)N1CCNC(C)C1. The fraction of sp³-hybridized carbons (Fsp3) is 0.833. The first kappa shape index (κ1) is 13.7. The molecule has 0 bridgehead atoms. The van der Waals surface area contributed by atoms with Gasteiger partial charge >= 0.3 is 0 Å². The molecule has 2 unspecified atom stereocenters. The van der Waals surface area contributed by atoms with Crippen molar-refractivity contribution in [2.75, 3.05) is 31.3 Å². The van der Waals surface area contributed by atoms with Crippen molar-refractivity contribution in [2.45, 2.75) is 32.4 Å². The van der Waals surface area contributed by atoms with E-state index in [4.69, 9.17) is 0 Å². The monoisotopic (exact) mass is 271 g/mol. The Morgan fingerprint density at radius 2 is 2.22 bits per heavy atom. The summed E-state index contributed by atoms with van der Waals surface area (Å²) in [6, 6.07) is 0.0971. The summed E-state index contributed by atoms with van der Waals surface area (Å²) < 4.78 is 0. The van der Waals surface area contributed by atoms with Gasteiger partial charge in [-0.05, 0) is 6.92 Å². The Balaban J connectivity index is 2.01. The molecule has 2 saturated heterocycles. The zero-order chi connectivity index (χ0) is 13.1. The fourth-order valence-electron chi connectivity index (χ4n) is 2.44. The van der Waals surface area contributed by atoms with Crippen molar-refractivity contribution in [3.05, 3.63) is 0 Å². The Kier molecular flexibility index (Phi) is 4.50. The second-order valence-electron chi connectivity index (χ2n) is 4.87. The lowest BCUT2D eigenvalue weighted by atomic mass is 10.2. The van der Waals surface area contributed by atoms with Crippen LogP contribution in [0, 0.1) is 0 Å². The van der Waals surface area contributed by atoms with Gasteiger partial charge in [0.1, 0.15) is 6.04 Å². The van der Waals surface area contributed by atoms with Gasteiger partial charge in [0.2, 0.25) is 11.8 Å². The number of piperazine rings is 1. The van der Waals surface area contributed by atoms with Crippen LogP contribution >= 0.6 is 11.8 Å². The second kappa shape index (κ2) is 5.93. The van der Waals surface area contributed by atoms with E-state index in [2.05, 4.69) is 12.2 Å². The average Bonchev–Trinajstić information content (AvgIpc) is 2.86. The molecule has 2 fully saturated rings. The molecular weight excluding hydrogens is 250 g/mol. The van der Waals surface area contributed by atoms with Crippen LogP contribution < -0.4 is 5.32 Å². The van der Waals surface area contributed by atoms with Crippen molar-refractivity contribution in [3.8, 4) is 0 Å². The molecule has 6 heteroatoms. The number of nitrogens with zero attached hydrogens (tertiary/aromatic N) is 2. The van der Waals surface area contributed by atoms with Crippen LogP contribution in [-0.4, -0.2) is 65.0 Å². The largest absolute Gasteiger partial charge is 0.338 e. The molecule has 2 aliphatic heterocycles. The molecule has 0 radical (unpaired) electrons. The molecule has 5 nitrogen and oxygen atoms in total. The Bertz CT molecular complexity index is 337. The average molecular weight is 271 g/mol. The quantitative estimate of drug-likeness (QED) is 0.775. The lowest BCUT2D eigenvalue weighted by molar-refractivity contribution is -0.143. The number of nitrogens with one attached hydrogen (secondary N) is 1. The molecule has 2 atom stereocenters. The van der Waals surface area contributed by atoms with E-state index in [1.807, 2.05) is 11.8 Å². The van der Waals surface area contributed by atoms with Gasteiger partial charge in [0, 0.05) is 37.8 Å². The predicted octanol–water partition coefficient (Wildman–Crippen LogP) is 0.118. The summed E-state index contributed by atoms with van der Waals surface area (Å²) in [5, 5.41) is 3.32. The van der Waals surface area contributed by atoms with Gasteiger partial charge in [0.05, 0.1) is 5.88 Å². The molecule has 0 aromatic carbocycles. The zero-order valence-corrected chi connectivity index (χ0v) is 11.8. The first-order valence-corrected chi connectivity index (χ1v) is 7.68. The van der Waals surface area contributed by atoms with Gasteiger partial charge in [-0.15, -0.1) is 11.8 Å². The van der Waals surface area contributed by atoms with E-state index in [0.29, 0.717) is 18.3 Å². The molecule has 2 aliphatic rings. The van der Waals surface area contributed by atoms with Crippen LogP contribution in [0.4, 0.5) is 0 Å². The highest BCUT2D eigenvalue weighted by Crippen LogP contribution is 2.23. The molecule has 2 heterocycles. The van der Waals surface area contributed by atoms with Crippen LogP contribution in [0.15, 0.2) is 0 Å². The minimum Gasteiger partial charge on any atom is -0.338 e. The van der Waals surface area contributed by atoms with Crippen LogP contribution in [0.5, 0.6) is 0 Å². The minimum absolute atomic E-state index is 0.0848. The topological polar surface area (TPSA) is 52.7 Å². The van der Waals surface area contributed by atoms with Crippen molar-refractivity contribution in [1.82, 2.24) is 15.1 Å². The lowest BCUT2D eigenvalue weighted by Gasteiger charge is -2.35. The van der Waals surface area contributed by atoms with E-state index >= 15 is 0 Å². The van der Waals surface area contributed by atoms with E-state index in [1.165, 1.54) is 0 Å². The van der Waals surface area contributed by atoms with E-state index in [-0.39, 0.29) is 17.9 Å². The molecule has 1 N–H and O–H groups in total. The number of hydrogen-bond acceptors (Lipinski definition) is 4. The molecule has 18 heavy (non-hydrogen) atoms. The molecule has 0 spiro atoms. The molecule has 2 amide bonds. The Morgan fingerprint density at radius 1 is 1.44 bits per heavy atom. The summed E-state index contributed by atoms with van der Waals surface area (Å²) in [6.07, 6.45) is 0.475. The maximum absolute atomic E-state index is 12.5. The number of carbonyl (C=O) groups excluding carboxylic acids is 2. The number of hydrogen-bond donors (Lipinski definition) is 1. The third-order valence-electron chi connectivity index (χ3n) is 3.47. The van der Waals surface area contributed by atoms with Crippen molar-refractivity contribution in [3.63, 3.8) is 0 Å². The van der Waals surface area contributed by atoms with Crippen molar-refractivity contribution in [1.29, 1.82) is 0 Å². The first-order valence-electron chi connectivity index (χ1n) is 6.53. The maximum Gasteiger partial charge on any atom is 0.246 e. The molecule has 0 aliphatic carbocycles. The highest BCUT2D eigenvalue weighted by atomic mass is 32.2. The summed E-state index contributed by atoms with van der Waals surface area (Å²) in [7, 11) is 0. The molecule has 2 rings (SSSR count). The number of thioether (sulfide) groups is 1. The normalized spacial score (nSPS) is 28.6. The van der Waals surface area contributed by atoms with E-state index in [9.17, 15) is 9.59 Å². The van der Waals surface area contributed by atoms with Crippen LogP contribution in [0.3, 0.4) is 0 Å². The van der Waals surface area contributed by atoms with Crippen LogP contribution in [0.1, 0.15) is 20.3 Å². The lowest BCUT2D eigenvalue weighted by Crippen LogP contribution is -2.56. The number of carbonyl (C=O) groups is 2. The van der Waals surface area contributed by atoms with Crippen LogP contribution in [0.25, 0.3) is 0 Å². The van der Waals surface area contributed by atoms with Crippen molar-refractivity contribution < 1.29 is 9.59 Å². The fourth-order valence-corrected chi connectivity index (χ4v) is 3.61. The molecular formula is C12H21N3O2S. The number of amides is 2. The smallest absolute Gasteiger partial charge is 0.246 e. The zero-order valence-electron chi connectivity index (χ0n) is 11.0. The van der Waals surface area contributed by atoms with E-state index in [0.717, 1.165) is 25.4 Å². The third kappa shape index (κ3) is 2.80.